The first-order valence-corrected chi connectivity index (χ1v) is 6.85. The number of carbonyl (C=O) groups is 1. The maximum Gasteiger partial charge on any atom is 0.239 e. The summed E-state index contributed by atoms with van der Waals surface area (Å²) in [7, 11) is 1.89. The number of amides is 1. The Balaban J connectivity index is 1.90. The van der Waals surface area contributed by atoms with Crippen LogP contribution in [0.4, 0.5) is 0 Å². The van der Waals surface area contributed by atoms with E-state index in [1.54, 1.807) is 0 Å². The number of likely N-dealkylation sites (tertiary alicyclic amines) is 1. The van der Waals surface area contributed by atoms with Crippen LogP contribution in [0.25, 0.3) is 0 Å². The Labute approximate surface area is 104 Å². The van der Waals surface area contributed by atoms with Crippen molar-refractivity contribution in [2.24, 2.45) is 5.92 Å². The van der Waals surface area contributed by atoms with Crippen LogP contribution in [0.3, 0.4) is 0 Å². The molecule has 0 aromatic rings. The van der Waals surface area contributed by atoms with E-state index in [9.17, 15) is 4.79 Å². The van der Waals surface area contributed by atoms with Crippen LogP contribution in [0.2, 0.25) is 0 Å². The van der Waals surface area contributed by atoms with Crippen LogP contribution in [-0.4, -0.2) is 50.2 Å². The van der Waals surface area contributed by atoms with Crippen LogP contribution in [-0.2, 0) is 9.53 Å². The van der Waals surface area contributed by atoms with Gasteiger partial charge in [0.1, 0.15) is 0 Å². The van der Waals surface area contributed by atoms with Gasteiger partial charge in [0.25, 0.3) is 0 Å². The minimum absolute atomic E-state index is 0.0392. The number of likely N-dealkylation sites (N-methyl/N-ethyl adjacent to an activating group) is 1. The van der Waals surface area contributed by atoms with Crippen LogP contribution in [0, 0.1) is 5.92 Å². The first-order chi connectivity index (χ1) is 8.31. The van der Waals surface area contributed by atoms with Crippen molar-refractivity contribution in [1.29, 1.82) is 0 Å². The highest BCUT2D eigenvalue weighted by molar-refractivity contribution is 5.82. The van der Waals surface area contributed by atoms with Gasteiger partial charge in [0, 0.05) is 26.3 Å². The lowest BCUT2D eigenvalue weighted by atomic mass is 9.99. The normalized spacial score (nSPS) is 28.2. The number of hydrogen-bond acceptors (Lipinski definition) is 3. The predicted octanol–water partition coefficient (Wildman–Crippen LogP) is 1.01. The average molecular weight is 240 g/mol. The van der Waals surface area contributed by atoms with Crippen LogP contribution >= 0.6 is 0 Å². The number of nitrogens with zero attached hydrogens (tertiary/aromatic N) is 1. The Bertz CT molecular complexity index is 252. The Hall–Kier alpha value is -0.610. The van der Waals surface area contributed by atoms with Crippen molar-refractivity contribution in [3.8, 4) is 0 Å². The molecule has 2 heterocycles. The molecule has 1 atom stereocenters. The van der Waals surface area contributed by atoms with Crippen molar-refractivity contribution >= 4 is 5.91 Å². The van der Waals surface area contributed by atoms with Crippen molar-refractivity contribution < 1.29 is 9.53 Å². The van der Waals surface area contributed by atoms with E-state index in [0.29, 0.717) is 11.8 Å². The summed E-state index contributed by atoms with van der Waals surface area (Å²) in [5.74, 6) is 0.944. The molecule has 0 spiro atoms. The fourth-order valence-electron chi connectivity index (χ4n) is 2.79. The third kappa shape index (κ3) is 3.42. The molecular weight excluding hydrogens is 216 g/mol. The van der Waals surface area contributed by atoms with Gasteiger partial charge in [-0.25, -0.2) is 0 Å². The maximum atomic E-state index is 12.3. The molecule has 0 aliphatic carbocycles. The number of rotatable bonds is 3. The zero-order valence-corrected chi connectivity index (χ0v) is 10.8. The van der Waals surface area contributed by atoms with Crippen molar-refractivity contribution in [2.45, 2.75) is 38.1 Å². The monoisotopic (exact) mass is 240 g/mol. The zero-order valence-electron chi connectivity index (χ0n) is 10.8. The second-order valence-electron chi connectivity index (χ2n) is 5.18. The topological polar surface area (TPSA) is 41.6 Å². The molecule has 98 valence electrons. The van der Waals surface area contributed by atoms with Gasteiger partial charge >= 0.3 is 0 Å². The molecule has 1 unspecified atom stereocenters. The molecule has 0 bridgehead atoms. The van der Waals surface area contributed by atoms with Gasteiger partial charge in [0.05, 0.1) is 6.04 Å². The van der Waals surface area contributed by atoms with Gasteiger partial charge in [0.2, 0.25) is 5.91 Å². The van der Waals surface area contributed by atoms with Gasteiger partial charge < -0.3 is 15.0 Å². The molecule has 0 aromatic carbocycles. The minimum atomic E-state index is 0.0392. The van der Waals surface area contributed by atoms with E-state index in [1.165, 1.54) is 0 Å². The minimum Gasteiger partial charge on any atom is -0.381 e. The molecule has 0 radical (unpaired) electrons. The summed E-state index contributed by atoms with van der Waals surface area (Å²) in [6.45, 7) is 3.60. The van der Waals surface area contributed by atoms with Gasteiger partial charge in [-0.3, -0.25) is 4.79 Å². The first-order valence-electron chi connectivity index (χ1n) is 6.85. The van der Waals surface area contributed by atoms with Crippen molar-refractivity contribution in [3.63, 3.8) is 0 Å². The van der Waals surface area contributed by atoms with Crippen LogP contribution in [0.15, 0.2) is 0 Å². The number of carbonyl (C=O) groups excluding carboxylic acids is 1. The molecule has 2 aliphatic rings. The van der Waals surface area contributed by atoms with Crippen molar-refractivity contribution in [2.75, 3.05) is 33.4 Å². The average Bonchev–Trinajstić information content (AvgIpc) is 2.54. The summed E-state index contributed by atoms with van der Waals surface area (Å²) in [6.07, 6.45) is 5.50. The molecule has 1 amide bonds. The molecule has 17 heavy (non-hydrogen) atoms. The Morgan fingerprint density at radius 1 is 1.29 bits per heavy atom. The summed E-state index contributed by atoms with van der Waals surface area (Å²) in [6, 6.07) is 0.0392. The van der Waals surface area contributed by atoms with E-state index < -0.39 is 0 Å². The summed E-state index contributed by atoms with van der Waals surface area (Å²) < 4.78 is 5.37. The molecule has 0 saturated carbocycles. The highest BCUT2D eigenvalue weighted by Crippen LogP contribution is 2.19. The highest BCUT2D eigenvalue weighted by atomic mass is 16.5. The molecule has 4 heteroatoms. The first kappa shape index (κ1) is 12.8. The van der Waals surface area contributed by atoms with E-state index in [-0.39, 0.29) is 6.04 Å². The maximum absolute atomic E-state index is 12.3. The summed E-state index contributed by atoms with van der Waals surface area (Å²) >= 11 is 0. The number of nitrogens with one attached hydrogen (secondary N) is 1. The summed E-state index contributed by atoms with van der Waals surface area (Å²) in [5, 5.41) is 3.14. The summed E-state index contributed by atoms with van der Waals surface area (Å²) in [5.41, 5.74) is 0. The van der Waals surface area contributed by atoms with Crippen molar-refractivity contribution in [1.82, 2.24) is 10.2 Å². The van der Waals surface area contributed by atoms with Crippen LogP contribution in [0.5, 0.6) is 0 Å². The smallest absolute Gasteiger partial charge is 0.239 e. The molecule has 2 fully saturated rings. The fourth-order valence-corrected chi connectivity index (χ4v) is 2.79. The Morgan fingerprint density at radius 2 is 2.06 bits per heavy atom. The third-order valence-corrected chi connectivity index (χ3v) is 3.95. The second-order valence-corrected chi connectivity index (χ2v) is 5.18. The molecule has 1 N–H and O–H groups in total. The lowest BCUT2D eigenvalue weighted by Gasteiger charge is -2.30. The standard InChI is InChI=1S/C13H24N2O2/c1-14-12-4-2-3-7-15(13(12)16)10-11-5-8-17-9-6-11/h11-12,14H,2-10H2,1H3. The van der Waals surface area contributed by atoms with Crippen LogP contribution in [0.1, 0.15) is 32.1 Å². The third-order valence-electron chi connectivity index (χ3n) is 3.95. The molecule has 2 saturated heterocycles. The van der Waals surface area contributed by atoms with Crippen LogP contribution < -0.4 is 5.32 Å². The lowest BCUT2D eigenvalue weighted by molar-refractivity contribution is -0.133. The molecule has 0 aromatic heterocycles. The van der Waals surface area contributed by atoms with Gasteiger partial charge in [-0.2, -0.15) is 0 Å². The summed E-state index contributed by atoms with van der Waals surface area (Å²) in [4.78, 5) is 14.4. The predicted molar refractivity (Wildman–Crippen MR) is 66.8 cm³/mol. The lowest BCUT2D eigenvalue weighted by Crippen LogP contribution is -2.46. The van der Waals surface area contributed by atoms with E-state index >= 15 is 0 Å². The van der Waals surface area contributed by atoms with E-state index in [1.807, 2.05) is 7.05 Å². The Morgan fingerprint density at radius 3 is 2.76 bits per heavy atom. The van der Waals surface area contributed by atoms with E-state index in [4.69, 9.17) is 4.74 Å². The zero-order chi connectivity index (χ0) is 12.1. The number of ether oxygens (including phenoxy) is 1. The van der Waals surface area contributed by atoms with Gasteiger partial charge in [0.15, 0.2) is 0 Å². The number of hydrogen-bond donors (Lipinski definition) is 1. The molecule has 2 aliphatic heterocycles. The van der Waals surface area contributed by atoms with Gasteiger partial charge in [-0.1, -0.05) is 0 Å². The van der Waals surface area contributed by atoms with E-state index in [0.717, 1.165) is 58.4 Å². The quantitative estimate of drug-likeness (QED) is 0.800. The highest BCUT2D eigenvalue weighted by Gasteiger charge is 2.27. The second kappa shape index (κ2) is 6.36. The molecule has 2 rings (SSSR count). The van der Waals surface area contributed by atoms with Crippen molar-refractivity contribution in [3.05, 3.63) is 0 Å². The van der Waals surface area contributed by atoms with Gasteiger partial charge in [-0.05, 0) is 45.1 Å². The Kier molecular flexibility index (Phi) is 4.80. The SMILES string of the molecule is CNC1CCCCN(CC2CCOCC2)C1=O. The fraction of sp³-hybridized carbons (Fsp3) is 0.923. The largest absolute Gasteiger partial charge is 0.381 e. The van der Waals surface area contributed by atoms with Gasteiger partial charge in [-0.15, -0.1) is 0 Å². The molecular formula is C13H24N2O2. The molecule has 4 nitrogen and oxygen atoms in total. The van der Waals surface area contributed by atoms with E-state index in [2.05, 4.69) is 10.2 Å².